The number of amides is 2. The molecule has 0 saturated heterocycles. The first-order valence-corrected chi connectivity index (χ1v) is 7.33. The average molecular weight is 294 g/mol. The zero-order valence-corrected chi connectivity index (χ0v) is 13.3. The standard InChI is InChI=1S/C16H26N2O3/c1-5-8-12(19)11-17-15(20)18-13-9-6-7-10-14(13)21-16(2,3)4/h6-7,9-10,12,19H,5,8,11H2,1-4H3,(H2,17,18,20). The third-order valence-electron chi connectivity index (χ3n) is 2.67. The lowest BCUT2D eigenvalue weighted by atomic mass is 10.2. The molecule has 2 amide bonds. The molecule has 5 nitrogen and oxygen atoms in total. The summed E-state index contributed by atoms with van der Waals surface area (Å²) in [6.07, 6.45) is 1.04. The minimum Gasteiger partial charge on any atom is -0.486 e. The van der Waals surface area contributed by atoms with Crippen molar-refractivity contribution in [1.82, 2.24) is 5.32 Å². The van der Waals surface area contributed by atoms with E-state index in [-0.39, 0.29) is 18.2 Å². The highest BCUT2D eigenvalue weighted by Gasteiger charge is 2.15. The lowest BCUT2D eigenvalue weighted by Gasteiger charge is -2.23. The highest BCUT2D eigenvalue weighted by molar-refractivity contribution is 5.90. The van der Waals surface area contributed by atoms with Crippen molar-refractivity contribution in [3.8, 4) is 5.75 Å². The molecule has 21 heavy (non-hydrogen) atoms. The van der Waals surface area contributed by atoms with Gasteiger partial charge in [-0.2, -0.15) is 0 Å². The fourth-order valence-corrected chi connectivity index (χ4v) is 1.80. The number of nitrogens with one attached hydrogen (secondary N) is 2. The number of hydrogen-bond donors (Lipinski definition) is 3. The van der Waals surface area contributed by atoms with E-state index in [1.807, 2.05) is 45.9 Å². The first kappa shape index (κ1) is 17.3. The molecule has 0 aliphatic carbocycles. The molecule has 1 unspecified atom stereocenters. The molecule has 0 radical (unpaired) electrons. The van der Waals surface area contributed by atoms with Crippen molar-refractivity contribution < 1.29 is 14.6 Å². The Bertz CT molecular complexity index is 455. The summed E-state index contributed by atoms with van der Waals surface area (Å²) in [4.78, 5) is 11.9. The summed E-state index contributed by atoms with van der Waals surface area (Å²) in [5.41, 5.74) is 0.265. The minimum absolute atomic E-state index is 0.238. The molecule has 0 aromatic heterocycles. The van der Waals surface area contributed by atoms with Gasteiger partial charge >= 0.3 is 6.03 Å². The molecule has 0 bridgehead atoms. The van der Waals surface area contributed by atoms with Gasteiger partial charge in [0, 0.05) is 6.54 Å². The summed E-state index contributed by atoms with van der Waals surface area (Å²) < 4.78 is 5.81. The monoisotopic (exact) mass is 294 g/mol. The number of carbonyl (C=O) groups excluding carboxylic acids is 1. The van der Waals surface area contributed by atoms with E-state index in [1.165, 1.54) is 0 Å². The van der Waals surface area contributed by atoms with Crippen LogP contribution in [0.3, 0.4) is 0 Å². The van der Waals surface area contributed by atoms with E-state index in [0.717, 1.165) is 6.42 Å². The van der Waals surface area contributed by atoms with E-state index in [9.17, 15) is 9.90 Å². The van der Waals surface area contributed by atoms with Crippen LogP contribution in [0.25, 0.3) is 0 Å². The molecular weight excluding hydrogens is 268 g/mol. The number of carbonyl (C=O) groups is 1. The second-order valence-corrected chi connectivity index (χ2v) is 5.99. The van der Waals surface area contributed by atoms with Gasteiger partial charge in [0.25, 0.3) is 0 Å². The van der Waals surface area contributed by atoms with Gasteiger partial charge in [0.15, 0.2) is 0 Å². The molecule has 0 fully saturated rings. The Balaban J connectivity index is 2.60. The van der Waals surface area contributed by atoms with E-state index in [1.54, 1.807) is 6.07 Å². The zero-order chi connectivity index (χ0) is 15.9. The summed E-state index contributed by atoms with van der Waals surface area (Å²) in [6.45, 7) is 8.08. The molecule has 1 aromatic rings. The Hall–Kier alpha value is -1.75. The van der Waals surface area contributed by atoms with Crippen molar-refractivity contribution >= 4 is 11.7 Å². The quantitative estimate of drug-likeness (QED) is 0.755. The summed E-state index contributed by atoms with van der Waals surface area (Å²) in [7, 11) is 0. The van der Waals surface area contributed by atoms with Crippen LogP contribution in [-0.4, -0.2) is 29.4 Å². The lowest BCUT2D eigenvalue weighted by molar-refractivity contribution is 0.132. The smallest absolute Gasteiger partial charge is 0.319 e. The normalized spacial score (nSPS) is 12.6. The number of benzene rings is 1. The maximum atomic E-state index is 11.9. The van der Waals surface area contributed by atoms with Gasteiger partial charge in [-0.25, -0.2) is 4.79 Å². The largest absolute Gasteiger partial charge is 0.486 e. The van der Waals surface area contributed by atoms with Crippen molar-refractivity contribution in [3.05, 3.63) is 24.3 Å². The van der Waals surface area contributed by atoms with Gasteiger partial charge < -0.3 is 20.5 Å². The van der Waals surface area contributed by atoms with Crippen LogP contribution in [0.2, 0.25) is 0 Å². The van der Waals surface area contributed by atoms with Gasteiger partial charge in [0.1, 0.15) is 11.4 Å². The second kappa shape index (κ2) is 7.88. The number of ether oxygens (including phenoxy) is 1. The SMILES string of the molecule is CCCC(O)CNC(=O)Nc1ccccc1OC(C)(C)C. The maximum Gasteiger partial charge on any atom is 0.319 e. The summed E-state index contributed by atoms with van der Waals surface area (Å²) in [5, 5.41) is 15.0. The van der Waals surface area contributed by atoms with Gasteiger partial charge in [-0.15, -0.1) is 0 Å². The molecule has 0 heterocycles. The molecule has 1 rings (SSSR count). The predicted octanol–water partition coefficient (Wildman–Crippen LogP) is 3.15. The Morgan fingerprint density at radius 3 is 2.62 bits per heavy atom. The zero-order valence-electron chi connectivity index (χ0n) is 13.3. The fraction of sp³-hybridized carbons (Fsp3) is 0.562. The molecule has 5 heteroatoms. The van der Waals surface area contributed by atoms with Crippen LogP contribution in [0.15, 0.2) is 24.3 Å². The third-order valence-corrected chi connectivity index (χ3v) is 2.67. The van der Waals surface area contributed by atoms with Crippen LogP contribution in [-0.2, 0) is 0 Å². The van der Waals surface area contributed by atoms with Crippen molar-refractivity contribution in [1.29, 1.82) is 0 Å². The number of urea groups is 1. The number of aliphatic hydroxyl groups excluding tert-OH is 1. The molecule has 3 N–H and O–H groups in total. The Morgan fingerprint density at radius 2 is 2.00 bits per heavy atom. The van der Waals surface area contributed by atoms with Crippen molar-refractivity contribution in [2.45, 2.75) is 52.2 Å². The summed E-state index contributed by atoms with van der Waals surface area (Å²) >= 11 is 0. The molecular formula is C16H26N2O3. The minimum atomic E-state index is -0.512. The van der Waals surface area contributed by atoms with Crippen LogP contribution >= 0.6 is 0 Å². The maximum absolute atomic E-state index is 11.9. The van der Waals surface area contributed by atoms with Crippen LogP contribution < -0.4 is 15.4 Å². The van der Waals surface area contributed by atoms with Crippen LogP contribution in [0.1, 0.15) is 40.5 Å². The molecule has 0 spiro atoms. The second-order valence-electron chi connectivity index (χ2n) is 5.99. The third kappa shape index (κ3) is 6.99. The fourth-order valence-electron chi connectivity index (χ4n) is 1.80. The lowest BCUT2D eigenvalue weighted by Crippen LogP contribution is -2.35. The number of aliphatic hydroxyl groups is 1. The molecule has 0 aliphatic heterocycles. The predicted molar refractivity (Wildman–Crippen MR) is 84.8 cm³/mol. The summed E-state index contributed by atoms with van der Waals surface area (Å²) in [5.74, 6) is 0.620. The number of hydrogen-bond acceptors (Lipinski definition) is 3. The van der Waals surface area contributed by atoms with Crippen LogP contribution in [0.5, 0.6) is 5.75 Å². The van der Waals surface area contributed by atoms with Crippen molar-refractivity contribution in [3.63, 3.8) is 0 Å². The molecule has 1 atom stereocenters. The van der Waals surface area contributed by atoms with E-state index in [2.05, 4.69) is 10.6 Å². The van der Waals surface area contributed by atoms with E-state index < -0.39 is 6.10 Å². The topological polar surface area (TPSA) is 70.6 Å². The molecule has 118 valence electrons. The van der Waals surface area contributed by atoms with E-state index in [4.69, 9.17) is 4.74 Å². The van der Waals surface area contributed by atoms with Gasteiger partial charge in [0.2, 0.25) is 0 Å². The van der Waals surface area contributed by atoms with Crippen LogP contribution in [0.4, 0.5) is 10.5 Å². The Labute approximate surface area is 126 Å². The van der Waals surface area contributed by atoms with Crippen molar-refractivity contribution in [2.75, 3.05) is 11.9 Å². The average Bonchev–Trinajstić information content (AvgIpc) is 2.37. The molecule has 0 aliphatic rings. The van der Waals surface area contributed by atoms with Gasteiger partial charge in [-0.05, 0) is 39.3 Å². The molecule has 1 aromatic carbocycles. The van der Waals surface area contributed by atoms with E-state index in [0.29, 0.717) is 17.9 Å². The van der Waals surface area contributed by atoms with E-state index >= 15 is 0 Å². The number of para-hydroxylation sites is 2. The van der Waals surface area contributed by atoms with Crippen LogP contribution in [0, 0.1) is 0 Å². The van der Waals surface area contributed by atoms with Gasteiger partial charge in [-0.1, -0.05) is 25.5 Å². The van der Waals surface area contributed by atoms with Gasteiger partial charge in [0.05, 0.1) is 11.8 Å². The summed E-state index contributed by atoms with van der Waals surface area (Å²) in [6, 6.07) is 6.93. The highest BCUT2D eigenvalue weighted by Crippen LogP contribution is 2.27. The molecule has 0 saturated carbocycles. The first-order valence-electron chi connectivity index (χ1n) is 7.33. The number of anilines is 1. The van der Waals surface area contributed by atoms with Gasteiger partial charge in [-0.3, -0.25) is 0 Å². The first-order chi connectivity index (χ1) is 9.81. The van der Waals surface area contributed by atoms with Crippen molar-refractivity contribution in [2.24, 2.45) is 0 Å². The Kier molecular flexibility index (Phi) is 6.49. The Morgan fingerprint density at radius 1 is 1.33 bits per heavy atom. The number of rotatable bonds is 6. The highest BCUT2D eigenvalue weighted by atomic mass is 16.5.